The van der Waals surface area contributed by atoms with E-state index in [1.165, 1.54) is 0 Å². The molecule has 0 radical (unpaired) electrons. The first-order chi connectivity index (χ1) is 14.3. The van der Waals surface area contributed by atoms with Crippen LogP contribution in [0.1, 0.15) is 23.3 Å². The smallest absolute Gasteiger partial charge is 0.425 e. The Labute approximate surface area is 174 Å². The molecule has 0 atom stereocenters. The lowest BCUT2D eigenvalue weighted by Gasteiger charge is -2.30. The number of carbonyl (C=O) groups is 1. The summed E-state index contributed by atoms with van der Waals surface area (Å²) >= 11 is 0.587. The number of hydrogen-bond donors (Lipinski definition) is 2. The van der Waals surface area contributed by atoms with Gasteiger partial charge < -0.3 is 15.3 Å². The van der Waals surface area contributed by atoms with E-state index in [9.17, 15) is 23.1 Å². The number of aromatic nitrogens is 2. The Bertz CT molecular complexity index is 1050. The first-order valence-electron chi connectivity index (χ1n) is 9.45. The average molecular weight is 436 g/mol. The molecule has 1 aliphatic rings. The van der Waals surface area contributed by atoms with Crippen molar-refractivity contribution in [3.63, 3.8) is 0 Å². The third kappa shape index (κ3) is 4.33. The minimum absolute atomic E-state index is 0.253. The molecule has 2 aromatic heterocycles. The minimum atomic E-state index is -4.46. The van der Waals surface area contributed by atoms with Gasteiger partial charge in [0.25, 0.3) is 0 Å². The van der Waals surface area contributed by atoms with Crippen molar-refractivity contribution < 1.29 is 23.1 Å². The normalized spacial score (nSPS) is 15.5. The van der Waals surface area contributed by atoms with Crippen LogP contribution in [-0.2, 0) is 17.5 Å². The Kier molecular flexibility index (Phi) is 5.50. The SMILES string of the molecule is O=C(O)C1CCN(c2nc(NCc3ccccc3)c3cc(C(F)(F)F)sc3n2)CC1. The van der Waals surface area contributed by atoms with Gasteiger partial charge in [-0.25, -0.2) is 4.98 Å². The van der Waals surface area contributed by atoms with Crippen molar-refractivity contribution >= 4 is 39.3 Å². The number of halogens is 3. The van der Waals surface area contributed by atoms with E-state index < -0.39 is 22.9 Å². The summed E-state index contributed by atoms with van der Waals surface area (Å²) in [4.78, 5) is 21.4. The molecule has 0 bridgehead atoms. The molecule has 3 aromatic rings. The molecule has 1 aromatic carbocycles. The van der Waals surface area contributed by atoms with Gasteiger partial charge in [-0.2, -0.15) is 18.2 Å². The minimum Gasteiger partial charge on any atom is -0.481 e. The number of nitrogens with one attached hydrogen (secondary N) is 1. The Hall–Kier alpha value is -2.88. The number of aliphatic carboxylic acids is 1. The molecule has 158 valence electrons. The fourth-order valence-electron chi connectivity index (χ4n) is 3.43. The molecule has 3 heterocycles. The third-order valence-corrected chi connectivity index (χ3v) is 6.16. The maximum Gasteiger partial charge on any atom is 0.425 e. The number of benzene rings is 1. The predicted molar refractivity (Wildman–Crippen MR) is 109 cm³/mol. The van der Waals surface area contributed by atoms with Crippen molar-refractivity contribution in [1.29, 1.82) is 0 Å². The number of nitrogens with zero attached hydrogens (tertiary/aromatic N) is 3. The van der Waals surface area contributed by atoms with E-state index >= 15 is 0 Å². The topological polar surface area (TPSA) is 78.3 Å². The first kappa shape index (κ1) is 20.4. The van der Waals surface area contributed by atoms with E-state index in [2.05, 4.69) is 15.3 Å². The van der Waals surface area contributed by atoms with E-state index in [1.807, 2.05) is 35.2 Å². The molecule has 0 amide bonds. The maximum atomic E-state index is 13.3. The van der Waals surface area contributed by atoms with Gasteiger partial charge in [-0.3, -0.25) is 4.79 Å². The van der Waals surface area contributed by atoms with E-state index in [4.69, 9.17) is 0 Å². The summed E-state index contributed by atoms with van der Waals surface area (Å²) in [6.45, 7) is 1.29. The monoisotopic (exact) mass is 436 g/mol. The summed E-state index contributed by atoms with van der Waals surface area (Å²) in [5, 5.41) is 12.6. The van der Waals surface area contributed by atoms with Crippen LogP contribution < -0.4 is 10.2 Å². The number of hydrogen-bond acceptors (Lipinski definition) is 6. The highest BCUT2D eigenvalue weighted by Crippen LogP contribution is 2.40. The molecule has 6 nitrogen and oxygen atoms in total. The van der Waals surface area contributed by atoms with Crippen molar-refractivity contribution in [2.75, 3.05) is 23.3 Å². The molecular formula is C20H19F3N4O2S. The Morgan fingerprint density at radius 1 is 1.20 bits per heavy atom. The lowest BCUT2D eigenvalue weighted by atomic mass is 9.97. The second kappa shape index (κ2) is 8.10. The molecule has 0 spiro atoms. The highest BCUT2D eigenvalue weighted by atomic mass is 32.1. The second-order valence-corrected chi connectivity index (χ2v) is 8.17. The van der Waals surface area contributed by atoms with Crippen LogP contribution in [0.15, 0.2) is 36.4 Å². The molecule has 30 heavy (non-hydrogen) atoms. The largest absolute Gasteiger partial charge is 0.481 e. The lowest BCUT2D eigenvalue weighted by molar-refractivity contribution is -0.142. The third-order valence-electron chi connectivity index (χ3n) is 5.09. The lowest BCUT2D eigenvalue weighted by Crippen LogP contribution is -2.37. The van der Waals surface area contributed by atoms with Crippen LogP contribution in [0, 0.1) is 5.92 Å². The number of rotatable bonds is 5. The van der Waals surface area contributed by atoms with Gasteiger partial charge in [0.1, 0.15) is 15.5 Å². The fraction of sp³-hybridized carbons (Fsp3) is 0.350. The van der Waals surface area contributed by atoms with Gasteiger partial charge in [-0.15, -0.1) is 11.3 Å². The van der Waals surface area contributed by atoms with Crippen LogP contribution in [0.4, 0.5) is 24.9 Å². The fourth-order valence-corrected chi connectivity index (χ4v) is 4.33. The molecule has 10 heteroatoms. The summed E-state index contributed by atoms with van der Waals surface area (Å²) in [6, 6.07) is 10.6. The zero-order valence-electron chi connectivity index (χ0n) is 15.8. The van der Waals surface area contributed by atoms with Gasteiger partial charge in [0, 0.05) is 19.6 Å². The van der Waals surface area contributed by atoms with Crippen molar-refractivity contribution in [3.05, 3.63) is 46.8 Å². The van der Waals surface area contributed by atoms with Crippen LogP contribution >= 0.6 is 11.3 Å². The van der Waals surface area contributed by atoms with E-state index in [0.29, 0.717) is 61.0 Å². The number of carboxylic acids is 1. The highest BCUT2D eigenvalue weighted by Gasteiger charge is 2.34. The van der Waals surface area contributed by atoms with Crippen molar-refractivity contribution in [1.82, 2.24) is 9.97 Å². The number of thiophene rings is 1. The highest BCUT2D eigenvalue weighted by molar-refractivity contribution is 7.18. The number of alkyl halides is 3. The number of piperidine rings is 1. The summed E-state index contributed by atoms with van der Waals surface area (Å²) in [5.41, 5.74) is 0.972. The zero-order chi connectivity index (χ0) is 21.3. The molecule has 1 aliphatic heterocycles. The van der Waals surface area contributed by atoms with Gasteiger partial charge >= 0.3 is 12.1 Å². The Morgan fingerprint density at radius 3 is 2.53 bits per heavy atom. The maximum absolute atomic E-state index is 13.3. The second-order valence-electron chi connectivity index (χ2n) is 7.14. The standard InChI is InChI=1S/C20H19F3N4O2S/c21-20(22,23)15-10-14-16(24-11-12-4-2-1-3-5-12)25-19(26-17(14)30-15)27-8-6-13(7-9-27)18(28)29/h1-5,10,13H,6-9,11H2,(H,28,29)(H,24,25,26). The molecule has 0 saturated carbocycles. The quantitative estimate of drug-likeness (QED) is 0.608. The molecule has 4 rings (SSSR count). The van der Waals surface area contributed by atoms with Crippen molar-refractivity contribution in [3.8, 4) is 0 Å². The molecule has 0 aliphatic carbocycles. The van der Waals surface area contributed by atoms with Gasteiger partial charge in [-0.05, 0) is 24.5 Å². The summed E-state index contributed by atoms with van der Waals surface area (Å²) in [7, 11) is 0. The van der Waals surface area contributed by atoms with Crippen molar-refractivity contribution in [2.45, 2.75) is 25.6 Å². The molecule has 1 saturated heterocycles. The predicted octanol–water partition coefficient (Wildman–Crippen LogP) is 4.62. The summed E-state index contributed by atoms with van der Waals surface area (Å²) < 4.78 is 39.8. The number of fused-ring (bicyclic) bond motifs is 1. The van der Waals surface area contributed by atoms with Gasteiger partial charge in [0.2, 0.25) is 5.95 Å². The van der Waals surface area contributed by atoms with Crippen LogP contribution in [0.3, 0.4) is 0 Å². The summed E-state index contributed by atoms with van der Waals surface area (Å²) in [5.74, 6) is -0.591. The van der Waals surface area contributed by atoms with E-state index in [0.717, 1.165) is 11.6 Å². The molecular weight excluding hydrogens is 417 g/mol. The van der Waals surface area contributed by atoms with Crippen LogP contribution in [0.2, 0.25) is 0 Å². The van der Waals surface area contributed by atoms with Gasteiger partial charge in [0.05, 0.1) is 11.3 Å². The van der Waals surface area contributed by atoms with Gasteiger partial charge in [-0.1, -0.05) is 30.3 Å². The first-order valence-corrected chi connectivity index (χ1v) is 10.3. The molecule has 2 N–H and O–H groups in total. The number of carboxylic acid groups (broad SMARTS) is 1. The molecule has 0 unspecified atom stereocenters. The Balaban J connectivity index is 1.66. The average Bonchev–Trinajstić information content (AvgIpc) is 3.18. The van der Waals surface area contributed by atoms with Crippen LogP contribution in [0.25, 0.3) is 10.2 Å². The number of anilines is 2. The molecule has 1 fully saturated rings. The van der Waals surface area contributed by atoms with Crippen LogP contribution in [-0.4, -0.2) is 34.1 Å². The van der Waals surface area contributed by atoms with Crippen LogP contribution in [0.5, 0.6) is 0 Å². The summed E-state index contributed by atoms with van der Waals surface area (Å²) in [6.07, 6.45) is -3.56. The van der Waals surface area contributed by atoms with E-state index in [1.54, 1.807) is 0 Å². The zero-order valence-corrected chi connectivity index (χ0v) is 16.6. The van der Waals surface area contributed by atoms with Gasteiger partial charge in [0.15, 0.2) is 0 Å². The van der Waals surface area contributed by atoms with E-state index in [-0.39, 0.29) is 4.83 Å². The van der Waals surface area contributed by atoms with Crippen molar-refractivity contribution in [2.24, 2.45) is 5.92 Å². The Morgan fingerprint density at radius 2 is 1.90 bits per heavy atom.